The monoisotopic (exact) mass is 670 g/mol. The van der Waals surface area contributed by atoms with Crippen LogP contribution >= 0.6 is 11.8 Å². The van der Waals surface area contributed by atoms with E-state index in [9.17, 15) is 36.3 Å². The van der Waals surface area contributed by atoms with Crippen molar-refractivity contribution in [1.82, 2.24) is 4.57 Å². The number of oxime groups is 1. The van der Waals surface area contributed by atoms with E-state index in [1.165, 1.54) is 32.2 Å². The predicted octanol–water partition coefficient (Wildman–Crippen LogP) is 8.14. The SMILES string of the molecule is COc1cccc(-c2c(C)c(Cc3c(F)cccc3C(F)(F)F)c3n(c2=O)C(C(=NO)c2ccc(OC(F)(F)F)cc2)CS3)c1F. The zero-order chi connectivity index (χ0) is 33.6. The zero-order valence-corrected chi connectivity index (χ0v) is 24.6. The minimum atomic E-state index is -4.96. The van der Waals surface area contributed by atoms with Gasteiger partial charge in [-0.15, -0.1) is 24.9 Å². The number of pyridine rings is 1. The number of aromatic nitrogens is 1. The molecule has 0 saturated carbocycles. The van der Waals surface area contributed by atoms with E-state index >= 15 is 8.78 Å². The van der Waals surface area contributed by atoms with E-state index in [1.807, 2.05) is 0 Å². The van der Waals surface area contributed by atoms with Gasteiger partial charge < -0.3 is 14.7 Å². The highest BCUT2D eigenvalue weighted by molar-refractivity contribution is 7.99. The molecule has 0 spiro atoms. The second-order valence-electron chi connectivity index (χ2n) is 10.1. The predicted molar refractivity (Wildman–Crippen MR) is 153 cm³/mol. The Bertz CT molecular complexity index is 1890. The van der Waals surface area contributed by atoms with Crippen molar-refractivity contribution in [2.75, 3.05) is 12.9 Å². The van der Waals surface area contributed by atoms with Crippen LogP contribution in [0.3, 0.4) is 0 Å². The molecule has 1 unspecified atom stereocenters. The van der Waals surface area contributed by atoms with Crippen LogP contribution in [0.25, 0.3) is 11.1 Å². The van der Waals surface area contributed by atoms with Crippen molar-refractivity contribution in [2.45, 2.75) is 37.0 Å². The smallest absolute Gasteiger partial charge is 0.494 e. The fraction of sp³-hybridized carbons (Fsp3) is 0.226. The minimum absolute atomic E-state index is 0.0185. The van der Waals surface area contributed by atoms with Crippen LogP contribution in [0.5, 0.6) is 11.5 Å². The summed E-state index contributed by atoms with van der Waals surface area (Å²) >= 11 is 1.01. The molecular weight excluding hydrogens is 648 g/mol. The second-order valence-corrected chi connectivity index (χ2v) is 11.1. The molecule has 1 aliphatic heterocycles. The highest BCUT2D eigenvalue weighted by Crippen LogP contribution is 2.43. The first kappa shape index (κ1) is 32.9. The van der Waals surface area contributed by atoms with Gasteiger partial charge in [-0.25, -0.2) is 8.78 Å². The zero-order valence-electron chi connectivity index (χ0n) is 23.8. The Morgan fingerprint density at radius 2 is 1.67 bits per heavy atom. The number of ether oxygens (including phenoxy) is 2. The van der Waals surface area contributed by atoms with Gasteiger partial charge in [0.05, 0.1) is 29.3 Å². The molecule has 2 heterocycles. The first-order valence-electron chi connectivity index (χ1n) is 13.3. The van der Waals surface area contributed by atoms with Crippen molar-refractivity contribution >= 4 is 17.5 Å². The van der Waals surface area contributed by atoms with Crippen LogP contribution in [0.4, 0.5) is 35.1 Å². The Hall–Kier alpha value is -4.53. The van der Waals surface area contributed by atoms with Crippen molar-refractivity contribution < 1.29 is 49.8 Å². The maximum Gasteiger partial charge on any atom is 0.573 e. The fourth-order valence-corrected chi connectivity index (χ4v) is 6.79. The summed E-state index contributed by atoms with van der Waals surface area (Å²) in [6.07, 6.45) is -10.5. The summed E-state index contributed by atoms with van der Waals surface area (Å²) in [4.78, 5) is 14.2. The van der Waals surface area contributed by atoms with Crippen LogP contribution in [0.1, 0.15) is 33.9 Å². The molecule has 46 heavy (non-hydrogen) atoms. The van der Waals surface area contributed by atoms with Crippen LogP contribution < -0.4 is 15.0 Å². The van der Waals surface area contributed by atoms with Gasteiger partial charge >= 0.3 is 12.5 Å². The van der Waals surface area contributed by atoms with E-state index in [0.29, 0.717) is 0 Å². The van der Waals surface area contributed by atoms with E-state index in [1.54, 1.807) is 0 Å². The Labute approximate surface area is 259 Å². The Kier molecular flexibility index (Phi) is 8.81. The number of fused-ring (bicyclic) bond motifs is 1. The summed E-state index contributed by atoms with van der Waals surface area (Å²) in [5.41, 5.74) is -3.14. The molecule has 1 N–H and O–H groups in total. The van der Waals surface area contributed by atoms with Gasteiger partial charge in [-0.2, -0.15) is 13.2 Å². The third-order valence-corrected chi connectivity index (χ3v) is 8.66. The van der Waals surface area contributed by atoms with Crippen molar-refractivity contribution in [1.29, 1.82) is 0 Å². The summed E-state index contributed by atoms with van der Waals surface area (Å²) in [5, 5.41) is 13.5. The highest BCUT2D eigenvalue weighted by Gasteiger charge is 2.38. The fourth-order valence-electron chi connectivity index (χ4n) is 5.41. The molecule has 0 radical (unpaired) electrons. The van der Waals surface area contributed by atoms with Crippen LogP contribution in [-0.4, -0.2) is 34.7 Å². The molecule has 0 saturated heterocycles. The van der Waals surface area contributed by atoms with Crippen LogP contribution in [0.15, 0.2) is 75.6 Å². The average Bonchev–Trinajstić information content (AvgIpc) is 3.41. The number of hydrogen-bond donors (Lipinski definition) is 1. The quantitative estimate of drug-likeness (QED) is 0.0931. The maximum absolute atomic E-state index is 15.6. The number of benzene rings is 3. The van der Waals surface area contributed by atoms with Gasteiger partial charge in [0.1, 0.15) is 17.3 Å². The van der Waals surface area contributed by atoms with Gasteiger partial charge in [-0.1, -0.05) is 23.4 Å². The van der Waals surface area contributed by atoms with Gasteiger partial charge in [0.2, 0.25) is 0 Å². The lowest BCUT2D eigenvalue weighted by Gasteiger charge is -2.22. The third-order valence-electron chi connectivity index (χ3n) is 7.46. The largest absolute Gasteiger partial charge is 0.573 e. The molecule has 15 heteroatoms. The molecular formula is C31H22F8N2O4S. The van der Waals surface area contributed by atoms with E-state index in [4.69, 9.17) is 4.74 Å². The van der Waals surface area contributed by atoms with Crippen molar-refractivity contribution in [3.63, 3.8) is 0 Å². The third kappa shape index (κ3) is 6.15. The molecule has 0 bridgehead atoms. The molecule has 5 rings (SSSR count). The number of alkyl halides is 6. The number of rotatable bonds is 7. The molecule has 0 amide bonds. The van der Waals surface area contributed by atoms with Gasteiger partial charge in [0.25, 0.3) is 5.56 Å². The van der Waals surface area contributed by atoms with E-state index in [-0.39, 0.29) is 50.1 Å². The Morgan fingerprint density at radius 1 is 1.00 bits per heavy atom. The molecule has 1 atom stereocenters. The highest BCUT2D eigenvalue weighted by atomic mass is 32.2. The molecule has 1 aliphatic rings. The number of halogens is 8. The van der Waals surface area contributed by atoms with Gasteiger partial charge in [0.15, 0.2) is 11.6 Å². The molecule has 3 aromatic carbocycles. The molecule has 242 valence electrons. The summed E-state index contributed by atoms with van der Waals surface area (Å²) in [6, 6.07) is 9.64. The summed E-state index contributed by atoms with van der Waals surface area (Å²) < 4.78 is 121. The van der Waals surface area contributed by atoms with E-state index in [2.05, 4.69) is 9.89 Å². The van der Waals surface area contributed by atoms with Crippen molar-refractivity contribution in [3.05, 3.63) is 110 Å². The van der Waals surface area contributed by atoms with Gasteiger partial charge in [-0.3, -0.25) is 9.36 Å². The maximum atomic E-state index is 15.6. The standard InChI is InChI=1S/C31H22F8N2O4S/c1-15-19(13-20-21(30(34,35)36)6-4-7-22(20)32)29-41(28(42)25(15)18-5-3-8-24(44-2)26(18)33)23(14-46-29)27(40-43)16-9-11-17(12-10-16)45-31(37,38)39/h3-12,23,43H,13-14H2,1-2H3. The summed E-state index contributed by atoms with van der Waals surface area (Å²) in [5.74, 6) is -2.88. The summed E-state index contributed by atoms with van der Waals surface area (Å²) in [7, 11) is 1.20. The lowest BCUT2D eigenvalue weighted by atomic mass is 9.92. The normalized spacial score (nSPS) is 15.2. The van der Waals surface area contributed by atoms with Gasteiger partial charge in [0, 0.05) is 28.9 Å². The molecule has 1 aromatic heterocycles. The number of nitrogens with zero attached hydrogens (tertiary/aromatic N) is 2. The molecule has 4 aromatic rings. The van der Waals surface area contributed by atoms with E-state index in [0.717, 1.165) is 58.8 Å². The van der Waals surface area contributed by atoms with E-state index < -0.39 is 59.1 Å². The Balaban J connectivity index is 1.74. The Morgan fingerprint density at radius 3 is 2.28 bits per heavy atom. The second kappa shape index (κ2) is 12.3. The minimum Gasteiger partial charge on any atom is -0.494 e. The number of thioether (sulfide) groups is 1. The molecule has 0 fully saturated rings. The number of methoxy groups -OCH3 is 1. The van der Waals surface area contributed by atoms with Crippen LogP contribution in [0.2, 0.25) is 0 Å². The van der Waals surface area contributed by atoms with Crippen LogP contribution in [-0.2, 0) is 12.6 Å². The topological polar surface area (TPSA) is 73.1 Å². The first-order chi connectivity index (χ1) is 21.7. The average molecular weight is 671 g/mol. The number of hydrogen-bond acceptors (Lipinski definition) is 6. The first-order valence-corrected chi connectivity index (χ1v) is 14.3. The van der Waals surface area contributed by atoms with Crippen molar-refractivity contribution in [2.24, 2.45) is 5.16 Å². The lowest BCUT2D eigenvalue weighted by molar-refractivity contribution is -0.274. The lowest BCUT2D eigenvalue weighted by Crippen LogP contribution is -2.32. The van der Waals surface area contributed by atoms with Gasteiger partial charge in [-0.05, 0) is 60.5 Å². The molecule has 6 nitrogen and oxygen atoms in total. The summed E-state index contributed by atoms with van der Waals surface area (Å²) in [6.45, 7) is 1.41. The van der Waals surface area contributed by atoms with Crippen molar-refractivity contribution in [3.8, 4) is 22.6 Å². The molecule has 0 aliphatic carbocycles. The van der Waals surface area contributed by atoms with Crippen LogP contribution in [0, 0.1) is 18.6 Å².